The Morgan fingerprint density at radius 1 is 1.07 bits per heavy atom. The maximum Gasteiger partial charge on any atom is 0.271 e. The van der Waals surface area contributed by atoms with Crippen LogP contribution < -0.4 is 15.8 Å². The molecule has 1 fully saturated rings. The standard InChI is InChI=1S/C22H33N5O/c1-4-5-6-10-19-20(17-24-26(3)22(19)28)23-16-18-9-7-8-11-21(18)27-14-12-25(2)13-15-27/h7-9,11,17,23H,4-6,10,12-16H2,1-3H3. The van der Waals surface area contributed by atoms with Gasteiger partial charge in [0.1, 0.15) is 0 Å². The third kappa shape index (κ3) is 4.93. The van der Waals surface area contributed by atoms with Crippen molar-refractivity contribution in [2.75, 3.05) is 43.4 Å². The molecule has 1 N–H and O–H groups in total. The molecule has 1 aromatic heterocycles. The molecule has 0 bridgehead atoms. The summed E-state index contributed by atoms with van der Waals surface area (Å²) >= 11 is 0. The summed E-state index contributed by atoms with van der Waals surface area (Å²) in [4.78, 5) is 17.4. The second kappa shape index (κ2) is 9.73. The predicted octanol–water partition coefficient (Wildman–Crippen LogP) is 2.88. The Morgan fingerprint density at radius 2 is 1.82 bits per heavy atom. The van der Waals surface area contributed by atoms with Crippen LogP contribution >= 0.6 is 0 Å². The minimum atomic E-state index is 0.00783. The van der Waals surface area contributed by atoms with Crippen LogP contribution in [-0.2, 0) is 20.0 Å². The largest absolute Gasteiger partial charge is 0.379 e. The number of aryl methyl sites for hydroxylation is 1. The zero-order chi connectivity index (χ0) is 19.9. The first-order valence-electron chi connectivity index (χ1n) is 10.4. The van der Waals surface area contributed by atoms with Gasteiger partial charge in [0.25, 0.3) is 5.56 Å². The molecule has 1 saturated heterocycles. The van der Waals surface area contributed by atoms with Crippen LogP contribution in [0.3, 0.4) is 0 Å². The van der Waals surface area contributed by atoms with Gasteiger partial charge in [-0.25, -0.2) is 4.68 Å². The van der Waals surface area contributed by atoms with Gasteiger partial charge in [0.2, 0.25) is 0 Å². The van der Waals surface area contributed by atoms with E-state index >= 15 is 0 Å². The van der Waals surface area contributed by atoms with Crippen LogP contribution in [0.25, 0.3) is 0 Å². The van der Waals surface area contributed by atoms with E-state index in [-0.39, 0.29) is 5.56 Å². The molecule has 0 radical (unpaired) electrons. The number of hydrogen-bond donors (Lipinski definition) is 1. The highest BCUT2D eigenvalue weighted by Gasteiger charge is 2.17. The third-order valence-corrected chi connectivity index (χ3v) is 5.57. The van der Waals surface area contributed by atoms with Crippen LogP contribution in [0.2, 0.25) is 0 Å². The molecule has 1 aliphatic rings. The van der Waals surface area contributed by atoms with Gasteiger partial charge in [-0.3, -0.25) is 4.79 Å². The predicted molar refractivity (Wildman–Crippen MR) is 116 cm³/mol. The van der Waals surface area contributed by atoms with E-state index in [1.54, 1.807) is 13.2 Å². The van der Waals surface area contributed by atoms with Gasteiger partial charge in [0, 0.05) is 51.0 Å². The average molecular weight is 384 g/mol. The van der Waals surface area contributed by atoms with Crippen molar-refractivity contribution in [1.29, 1.82) is 0 Å². The molecular formula is C22H33N5O. The molecule has 152 valence electrons. The van der Waals surface area contributed by atoms with Crippen LogP contribution in [-0.4, -0.2) is 47.9 Å². The van der Waals surface area contributed by atoms with Gasteiger partial charge in [-0.15, -0.1) is 0 Å². The number of para-hydroxylation sites is 1. The fourth-order valence-electron chi connectivity index (χ4n) is 3.74. The zero-order valence-electron chi connectivity index (χ0n) is 17.4. The molecule has 0 amide bonds. The lowest BCUT2D eigenvalue weighted by Gasteiger charge is -2.35. The Kier molecular flexibility index (Phi) is 7.09. The topological polar surface area (TPSA) is 53.4 Å². The van der Waals surface area contributed by atoms with Crippen molar-refractivity contribution in [3.8, 4) is 0 Å². The second-order valence-electron chi connectivity index (χ2n) is 7.70. The van der Waals surface area contributed by atoms with E-state index in [1.807, 2.05) is 0 Å². The van der Waals surface area contributed by atoms with E-state index < -0.39 is 0 Å². The lowest BCUT2D eigenvalue weighted by Crippen LogP contribution is -2.44. The molecule has 0 spiro atoms. The van der Waals surface area contributed by atoms with E-state index in [4.69, 9.17) is 0 Å². The van der Waals surface area contributed by atoms with E-state index in [0.29, 0.717) is 6.54 Å². The molecule has 1 aromatic carbocycles. The Bertz CT molecular complexity index is 824. The summed E-state index contributed by atoms with van der Waals surface area (Å²) in [6, 6.07) is 8.56. The summed E-state index contributed by atoms with van der Waals surface area (Å²) in [5.74, 6) is 0. The number of rotatable bonds is 8. The van der Waals surface area contributed by atoms with E-state index in [1.165, 1.54) is 15.9 Å². The number of anilines is 2. The normalized spacial score (nSPS) is 15.0. The van der Waals surface area contributed by atoms with Crippen molar-refractivity contribution in [1.82, 2.24) is 14.7 Å². The van der Waals surface area contributed by atoms with E-state index in [9.17, 15) is 4.79 Å². The summed E-state index contributed by atoms with van der Waals surface area (Å²) in [6.07, 6.45) is 5.90. The van der Waals surface area contributed by atoms with Crippen LogP contribution in [0.1, 0.15) is 37.3 Å². The Labute approximate surface area is 168 Å². The number of nitrogens with zero attached hydrogens (tertiary/aromatic N) is 4. The molecule has 6 heteroatoms. The number of piperazine rings is 1. The molecule has 2 heterocycles. The summed E-state index contributed by atoms with van der Waals surface area (Å²) in [5.41, 5.74) is 4.27. The van der Waals surface area contributed by atoms with Crippen LogP contribution in [0.15, 0.2) is 35.3 Å². The first-order chi connectivity index (χ1) is 13.6. The fraction of sp³-hybridized carbons (Fsp3) is 0.545. The van der Waals surface area contributed by atoms with Crippen molar-refractivity contribution in [3.63, 3.8) is 0 Å². The summed E-state index contributed by atoms with van der Waals surface area (Å²) in [6.45, 7) is 7.13. The molecule has 0 atom stereocenters. The van der Waals surface area contributed by atoms with E-state index in [0.717, 1.165) is 63.1 Å². The fourth-order valence-corrected chi connectivity index (χ4v) is 3.74. The van der Waals surface area contributed by atoms with Crippen LogP contribution in [0.4, 0.5) is 11.4 Å². The maximum absolute atomic E-state index is 12.6. The molecule has 1 aliphatic heterocycles. The van der Waals surface area contributed by atoms with Crippen LogP contribution in [0.5, 0.6) is 0 Å². The summed E-state index contributed by atoms with van der Waals surface area (Å²) in [5, 5.41) is 7.73. The number of benzene rings is 1. The van der Waals surface area contributed by atoms with Gasteiger partial charge in [-0.05, 0) is 31.5 Å². The quantitative estimate of drug-likeness (QED) is 0.711. The molecule has 6 nitrogen and oxygen atoms in total. The van der Waals surface area contributed by atoms with E-state index in [2.05, 4.69) is 58.5 Å². The highest BCUT2D eigenvalue weighted by Crippen LogP contribution is 2.23. The molecule has 3 rings (SSSR count). The van der Waals surface area contributed by atoms with Crippen molar-refractivity contribution in [3.05, 3.63) is 51.9 Å². The van der Waals surface area contributed by atoms with Crippen LogP contribution in [0, 0.1) is 0 Å². The monoisotopic (exact) mass is 383 g/mol. The lowest BCUT2D eigenvalue weighted by atomic mass is 10.1. The van der Waals surface area contributed by atoms with Crippen molar-refractivity contribution < 1.29 is 0 Å². The molecular weight excluding hydrogens is 350 g/mol. The first kappa shape index (κ1) is 20.4. The zero-order valence-corrected chi connectivity index (χ0v) is 17.4. The molecule has 2 aromatic rings. The number of likely N-dealkylation sites (N-methyl/N-ethyl adjacent to an activating group) is 1. The van der Waals surface area contributed by atoms with Crippen molar-refractivity contribution in [2.24, 2.45) is 7.05 Å². The van der Waals surface area contributed by atoms with Gasteiger partial charge in [-0.1, -0.05) is 38.0 Å². The van der Waals surface area contributed by atoms with Crippen molar-refractivity contribution in [2.45, 2.75) is 39.2 Å². The summed E-state index contributed by atoms with van der Waals surface area (Å²) < 4.78 is 1.44. The highest BCUT2D eigenvalue weighted by molar-refractivity contribution is 5.56. The average Bonchev–Trinajstić information content (AvgIpc) is 2.71. The molecule has 0 aliphatic carbocycles. The maximum atomic E-state index is 12.6. The molecule has 28 heavy (non-hydrogen) atoms. The van der Waals surface area contributed by atoms with Gasteiger partial charge in [0.05, 0.1) is 11.9 Å². The number of aromatic nitrogens is 2. The van der Waals surface area contributed by atoms with Gasteiger partial charge >= 0.3 is 0 Å². The summed E-state index contributed by atoms with van der Waals surface area (Å²) in [7, 11) is 3.89. The number of hydrogen-bond acceptors (Lipinski definition) is 5. The first-order valence-corrected chi connectivity index (χ1v) is 10.4. The second-order valence-corrected chi connectivity index (χ2v) is 7.70. The number of unbranched alkanes of at least 4 members (excludes halogenated alkanes) is 2. The third-order valence-electron chi connectivity index (χ3n) is 5.57. The molecule has 0 unspecified atom stereocenters. The van der Waals surface area contributed by atoms with Gasteiger partial charge in [-0.2, -0.15) is 5.10 Å². The lowest BCUT2D eigenvalue weighted by molar-refractivity contribution is 0.312. The Balaban J connectivity index is 1.76. The minimum Gasteiger partial charge on any atom is -0.379 e. The minimum absolute atomic E-state index is 0.00783. The van der Waals surface area contributed by atoms with Gasteiger partial charge < -0.3 is 15.1 Å². The van der Waals surface area contributed by atoms with Crippen molar-refractivity contribution >= 4 is 11.4 Å². The van der Waals surface area contributed by atoms with Gasteiger partial charge in [0.15, 0.2) is 0 Å². The smallest absolute Gasteiger partial charge is 0.271 e. The Hall–Kier alpha value is -2.34. The SMILES string of the molecule is CCCCCc1c(NCc2ccccc2N2CCN(C)CC2)cnn(C)c1=O. The number of nitrogens with one attached hydrogen (secondary N) is 1. The molecule has 0 saturated carbocycles. The highest BCUT2D eigenvalue weighted by atomic mass is 16.1. The Morgan fingerprint density at radius 3 is 2.57 bits per heavy atom.